The fraction of sp³-hybridized carbons (Fsp3) is 0.300. The third kappa shape index (κ3) is 4.75. The molecule has 1 aliphatic heterocycles. The fourth-order valence-corrected chi connectivity index (χ4v) is 4.32. The van der Waals surface area contributed by atoms with Gasteiger partial charge in [0, 0.05) is 23.9 Å². The molecule has 0 aromatic heterocycles. The summed E-state index contributed by atoms with van der Waals surface area (Å²) in [6.45, 7) is 3.63. The number of nitrogens with one attached hydrogen (secondary N) is 1. The van der Waals surface area contributed by atoms with Crippen molar-refractivity contribution >= 4 is 27.4 Å². The number of carbonyl (C=O) groups excluding carboxylic acids is 2. The van der Waals surface area contributed by atoms with Gasteiger partial charge in [-0.3, -0.25) is 9.59 Å². The molecule has 0 radical (unpaired) electrons. The summed E-state index contributed by atoms with van der Waals surface area (Å²) in [4.78, 5) is 24.0. The fourth-order valence-electron chi connectivity index (χ4n) is 2.87. The second-order valence-corrected chi connectivity index (χ2v) is 8.36. The van der Waals surface area contributed by atoms with Crippen LogP contribution in [-0.4, -0.2) is 50.7 Å². The van der Waals surface area contributed by atoms with Gasteiger partial charge in [-0.05, 0) is 31.2 Å². The molecule has 1 amide bonds. The van der Waals surface area contributed by atoms with E-state index in [0.29, 0.717) is 36.0 Å². The normalized spacial score (nSPS) is 13.2. The summed E-state index contributed by atoms with van der Waals surface area (Å²) in [5.74, 6) is 0.392. The van der Waals surface area contributed by atoms with Crippen molar-refractivity contribution in [3.05, 3.63) is 48.0 Å². The number of ketones is 1. The molecule has 0 saturated carbocycles. The van der Waals surface area contributed by atoms with Crippen molar-refractivity contribution < 1.29 is 27.5 Å². The Hall–Kier alpha value is -2.91. The number of likely N-dealkylation sites (N-methyl/N-ethyl adjacent to an activating group) is 1. The molecule has 0 saturated heterocycles. The lowest BCUT2D eigenvalue weighted by molar-refractivity contribution is -0.116. The lowest BCUT2D eigenvalue weighted by Gasteiger charge is -2.21. The first kappa shape index (κ1) is 20.8. The smallest absolute Gasteiger partial charge is 0.243 e. The average Bonchev–Trinajstić information content (AvgIpc) is 2.71. The van der Waals surface area contributed by atoms with Gasteiger partial charge in [0.25, 0.3) is 0 Å². The first-order valence-electron chi connectivity index (χ1n) is 9.12. The van der Waals surface area contributed by atoms with Crippen molar-refractivity contribution in [3.63, 3.8) is 0 Å². The van der Waals surface area contributed by atoms with Crippen LogP contribution in [0.5, 0.6) is 11.5 Å². The summed E-state index contributed by atoms with van der Waals surface area (Å²) in [6, 6.07) is 10.8. The van der Waals surface area contributed by atoms with Crippen LogP contribution in [0.15, 0.2) is 47.4 Å². The second kappa shape index (κ2) is 8.62. The minimum absolute atomic E-state index is 0.0285. The molecule has 9 heteroatoms. The molecule has 1 heterocycles. The Bertz CT molecular complexity index is 1040. The number of rotatable bonds is 7. The van der Waals surface area contributed by atoms with Crippen LogP contribution < -0.4 is 14.8 Å². The van der Waals surface area contributed by atoms with Gasteiger partial charge in [0.15, 0.2) is 17.3 Å². The first-order valence-corrected chi connectivity index (χ1v) is 10.6. The van der Waals surface area contributed by atoms with Crippen LogP contribution in [-0.2, 0) is 14.8 Å². The molecule has 2 aromatic rings. The summed E-state index contributed by atoms with van der Waals surface area (Å²) >= 11 is 0. The predicted octanol–water partition coefficient (Wildman–Crippen LogP) is 2.31. The molecule has 0 bridgehead atoms. The summed E-state index contributed by atoms with van der Waals surface area (Å²) in [5.41, 5.74) is 0.772. The van der Waals surface area contributed by atoms with E-state index < -0.39 is 15.9 Å². The molecule has 8 nitrogen and oxygen atoms in total. The molecule has 0 unspecified atom stereocenters. The van der Waals surface area contributed by atoms with Crippen LogP contribution in [0, 0.1) is 0 Å². The van der Waals surface area contributed by atoms with Gasteiger partial charge in [0.05, 0.1) is 11.4 Å². The van der Waals surface area contributed by atoms with Gasteiger partial charge in [0.1, 0.15) is 13.2 Å². The third-order valence-electron chi connectivity index (χ3n) is 4.38. The third-order valence-corrected chi connectivity index (χ3v) is 6.29. The summed E-state index contributed by atoms with van der Waals surface area (Å²) in [7, 11) is -3.93. The zero-order chi connectivity index (χ0) is 21.0. The number of nitrogens with zero attached hydrogens (tertiary/aromatic N) is 1. The van der Waals surface area contributed by atoms with Gasteiger partial charge >= 0.3 is 0 Å². The van der Waals surface area contributed by atoms with E-state index in [1.165, 1.54) is 25.1 Å². The number of fused-ring (bicyclic) bond motifs is 1. The molecule has 154 valence electrons. The lowest BCUT2D eigenvalue weighted by atomic mass is 10.2. The zero-order valence-corrected chi connectivity index (χ0v) is 17.0. The molecule has 0 fully saturated rings. The number of ether oxygens (including phenoxy) is 2. The maximum atomic E-state index is 12.9. The number of anilines is 1. The first-order chi connectivity index (χ1) is 13.8. The van der Waals surface area contributed by atoms with Crippen LogP contribution in [0.3, 0.4) is 0 Å². The van der Waals surface area contributed by atoms with Crippen molar-refractivity contribution in [1.82, 2.24) is 4.31 Å². The van der Waals surface area contributed by atoms with E-state index in [1.807, 2.05) is 0 Å². The molecule has 29 heavy (non-hydrogen) atoms. The van der Waals surface area contributed by atoms with Gasteiger partial charge in [-0.2, -0.15) is 4.31 Å². The van der Waals surface area contributed by atoms with Crippen LogP contribution in [0.1, 0.15) is 24.2 Å². The molecule has 3 rings (SSSR count). The van der Waals surface area contributed by atoms with Crippen molar-refractivity contribution in [1.29, 1.82) is 0 Å². The van der Waals surface area contributed by atoms with Gasteiger partial charge in [0.2, 0.25) is 15.9 Å². The van der Waals surface area contributed by atoms with E-state index in [4.69, 9.17) is 9.47 Å². The van der Waals surface area contributed by atoms with E-state index in [9.17, 15) is 18.0 Å². The van der Waals surface area contributed by atoms with Gasteiger partial charge < -0.3 is 14.8 Å². The van der Waals surface area contributed by atoms with Crippen LogP contribution >= 0.6 is 0 Å². The minimum Gasteiger partial charge on any atom is -0.486 e. The minimum atomic E-state index is -3.93. The average molecular weight is 418 g/mol. The largest absolute Gasteiger partial charge is 0.486 e. The molecule has 0 atom stereocenters. The molecular formula is C20H22N2O6S. The van der Waals surface area contributed by atoms with Crippen LogP contribution in [0.4, 0.5) is 5.69 Å². The molecular weight excluding hydrogens is 396 g/mol. The topological polar surface area (TPSA) is 102 Å². The number of amides is 1. The Morgan fingerprint density at radius 3 is 2.48 bits per heavy atom. The van der Waals surface area contributed by atoms with Crippen LogP contribution in [0.25, 0.3) is 0 Å². The molecule has 1 aliphatic rings. The Labute approximate surface area is 169 Å². The Morgan fingerprint density at radius 2 is 1.79 bits per heavy atom. The van der Waals surface area contributed by atoms with Crippen LogP contribution in [0.2, 0.25) is 0 Å². The number of hydrogen-bond acceptors (Lipinski definition) is 6. The number of hydrogen-bond donors (Lipinski definition) is 1. The van der Waals surface area contributed by atoms with E-state index in [0.717, 1.165) is 4.31 Å². The monoisotopic (exact) mass is 418 g/mol. The van der Waals surface area contributed by atoms with E-state index in [2.05, 4.69) is 5.32 Å². The molecule has 0 aliphatic carbocycles. The summed E-state index contributed by atoms with van der Waals surface area (Å²) in [6.07, 6.45) is 0. The maximum Gasteiger partial charge on any atom is 0.243 e. The lowest BCUT2D eigenvalue weighted by Crippen LogP contribution is -2.37. The molecule has 1 N–H and O–H groups in total. The van der Waals surface area contributed by atoms with E-state index in [-0.39, 0.29) is 23.8 Å². The van der Waals surface area contributed by atoms with Gasteiger partial charge in [-0.1, -0.05) is 19.1 Å². The maximum absolute atomic E-state index is 12.9. The molecule has 2 aromatic carbocycles. The number of benzene rings is 2. The highest BCUT2D eigenvalue weighted by atomic mass is 32.2. The highest BCUT2D eigenvalue weighted by Crippen LogP contribution is 2.32. The van der Waals surface area contributed by atoms with Crippen molar-refractivity contribution in [3.8, 4) is 11.5 Å². The Kier molecular flexibility index (Phi) is 6.19. The summed E-state index contributed by atoms with van der Waals surface area (Å²) in [5, 5.41) is 2.68. The highest BCUT2D eigenvalue weighted by Gasteiger charge is 2.26. The zero-order valence-electron chi connectivity index (χ0n) is 16.2. The Balaban J connectivity index is 1.74. The number of carbonyl (C=O) groups is 2. The van der Waals surface area contributed by atoms with Crippen molar-refractivity contribution in [2.75, 3.05) is 31.6 Å². The summed E-state index contributed by atoms with van der Waals surface area (Å²) < 4.78 is 37.8. The molecule has 0 spiro atoms. The van der Waals surface area contributed by atoms with Gasteiger partial charge in [-0.15, -0.1) is 0 Å². The SMILES string of the molecule is CCN(CC(=O)Nc1ccc2c(c1)OCCO2)S(=O)(=O)c1cccc(C(C)=O)c1. The van der Waals surface area contributed by atoms with Crippen molar-refractivity contribution in [2.24, 2.45) is 0 Å². The van der Waals surface area contributed by atoms with Gasteiger partial charge in [-0.25, -0.2) is 8.42 Å². The van der Waals surface area contributed by atoms with E-state index in [1.54, 1.807) is 31.2 Å². The number of Topliss-reactive ketones (excluding diaryl/α,β-unsaturated/α-hetero) is 1. The highest BCUT2D eigenvalue weighted by molar-refractivity contribution is 7.89. The van der Waals surface area contributed by atoms with E-state index >= 15 is 0 Å². The Morgan fingerprint density at radius 1 is 1.07 bits per heavy atom. The second-order valence-electron chi connectivity index (χ2n) is 6.42. The number of sulfonamides is 1. The quantitative estimate of drug-likeness (QED) is 0.693. The van der Waals surface area contributed by atoms with Crippen molar-refractivity contribution in [2.45, 2.75) is 18.7 Å². The predicted molar refractivity (Wildman–Crippen MR) is 107 cm³/mol. The standard InChI is InChI=1S/C20H22N2O6S/c1-3-22(29(25,26)17-6-4-5-15(11-17)14(2)23)13-20(24)21-16-7-8-18-19(12-16)28-10-9-27-18/h4-8,11-12H,3,9-10,13H2,1-2H3,(H,21,24).